The molecular weight excluding hydrogens is 315 g/mol. The van der Waals surface area contributed by atoms with Crippen LogP contribution >= 0.6 is 45.7 Å². The van der Waals surface area contributed by atoms with Gasteiger partial charge >= 0.3 is 0 Å². The number of rotatable bonds is 1. The van der Waals surface area contributed by atoms with E-state index in [0.717, 1.165) is 13.9 Å². The van der Waals surface area contributed by atoms with Crippen molar-refractivity contribution < 1.29 is 5.11 Å². The molecule has 4 heteroatoms. The lowest BCUT2D eigenvalue weighted by molar-refractivity contribution is 0.460. The van der Waals surface area contributed by atoms with Crippen LogP contribution in [0.2, 0.25) is 0 Å². The Bertz CT molecular complexity index is 450. The second-order valence-electron chi connectivity index (χ2n) is 2.57. The van der Waals surface area contributed by atoms with E-state index in [1.165, 1.54) is 4.70 Å². The highest BCUT2D eigenvalue weighted by Gasteiger charge is 2.10. The molecule has 0 aliphatic carbocycles. The Balaban J connectivity index is 2.87. The first kappa shape index (κ1) is 9.61. The van der Waals surface area contributed by atoms with Crippen molar-refractivity contribution in [1.29, 1.82) is 0 Å². The maximum atomic E-state index is 9.79. The highest BCUT2D eigenvalue weighted by molar-refractivity contribution is 14.1. The number of benzene rings is 1. The minimum Gasteiger partial charge on any atom is -0.506 e. The first-order chi connectivity index (χ1) is 6.24. The van der Waals surface area contributed by atoms with Crippen molar-refractivity contribution in [2.24, 2.45) is 0 Å². The molecule has 1 nitrogen and oxygen atoms in total. The molecule has 0 aliphatic rings. The summed E-state index contributed by atoms with van der Waals surface area (Å²) >= 11 is 5.47. The predicted molar refractivity (Wildman–Crippen MR) is 68.0 cm³/mol. The summed E-state index contributed by atoms with van der Waals surface area (Å²) < 4.78 is 2.17. The SMILES string of the molecule is CSc1c(O)c(I)cc2sccc12. The third-order valence-electron chi connectivity index (χ3n) is 1.84. The van der Waals surface area contributed by atoms with Crippen LogP contribution in [0.4, 0.5) is 0 Å². The summed E-state index contributed by atoms with van der Waals surface area (Å²) in [6, 6.07) is 4.08. The van der Waals surface area contributed by atoms with Crippen LogP contribution in [0.25, 0.3) is 10.1 Å². The van der Waals surface area contributed by atoms with Gasteiger partial charge in [-0.2, -0.15) is 0 Å². The number of thiophene rings is 1. The van der Waals surface area contributed by atoms with Crippen LogP contribution in [0.1, 0.15) is 0 Å². The van der Waals surface area contributed by atoms with Crippen LogP contribution < -0.4 is 0 Å². The van der Waals surface area contributed by atoms with Gasteiger partial charge in [0.25, 0.3) is 0 Å². The number of thioether (sulfide) groups is 1. The molecule has 2 rings (SSSR count). The molecule has 68 valence electrons. The van der Waals surface area contributed by atoms with Gasteiger partial charge in [-0.05, 0) is 46.4 Å². The summed E-state index contributed by atoms with van der Waals surface area (Å²) in [5, 5.41) is 13.0. The average molecular weight is 322 g/mol. The number of aromatic hydroxyl groups is 1. The van der Waals surface area contributed by atoms with E-state index in [1.807, 2.05) is 12.3 Å². The number of fused-ring (bicyclic) bond motifs is 1. The van der Waals surface area contributed by atoms with E-state index in [1.54, 1.807) is 23.1 Å². The fraction of sp³-hybridized carbons (Fsp3) is 0.111. The molecule has 0 aliphatic heterocycles. The maximum Gasteiger partial charge on any atom is 0.143 e. The number of phenols is 1. The van der Waals surface area contributed by atoms with Gasteiger partial charge in [0.2, 0.25) is 0 Å². The first-order valence-electron chi connectivity index (χ1n) is 3.66. The quantitative estimate of drug-likeness (QED) is 0.634. The third kappa shape index (κ3) is 1.55. The zero-order valence-corrected chi connectivity index (χ0v) is 10.7. The molecule has 0 amide bonds. The standard InChI is InChI=1S/C9H7IOS2/c1-12-9-5-2-3-13-7(5)4-6(10)8(9)11/h2-4,11H,1H3. The lowest BCUT2D eigenvalue weighted by atomic mass is 10.2. The Morgan fingerprint density at radius 3 is 3.00 bits per heavy atom. The van der Waals surface area contributed by atoms with Gasteiger partial charge in [-0.3, -0.25) is 0 Å². The van der Waals surface area contributed by atoms with E-state index in [9.17, 15) is 5.11 Å². The Hall–Kier alpha value is 0.0600. The lowest BCUT2D eigenvalue weighted by Crippen LogP contribution is -1.78. The van der Waals surface area contributed by atoms with E-state index in [-0.39, 0.29) is 0 Å². The zero-order valence-electron chi connectivity index (χ0n) is 6.87. The highest BCUT2D eigenvalue weighted by Crippen LogP contribution is 2.39. The predicted octanol–water partition coefficient (Wildman–Crippen LogP) is 3.93. The van der Waals surface area contributed by atoms with Crippen LogP contribution in [0.15, 0.2) is 22.4 Å². The minimum atomic E-state index is 0.416. The fourth-order valence-corrected chi connectivity index (χ4v) is 3.82. The average Bonchev–Trinajstić information content (AvgIpc) is 2.54. The van der Waals surface area contributed by atoms with Gasteiger partial charge in [0.1, 0.15) is 5.75 Å². The van der Waals surface area contributed by atoms with Gasteiger partial charge in [0.15, 0.2) is 0 Å². The van der Waals surface area contributed by atoms with Crippen molar-refractivity contribution in [2.75, 3.05) is 6.26 Å². The normalized spacial score (nSPS) is 10.9. The minimum absolute atomic E-state index is 0.416. The second kappa shape index (κ2) is 3.67. The Kier molecular flexibility index (Phi) is 2.71. The molecule has 0 radical (unpaired) electrons. The lowest BCUT2D eigenvalue weighted by Gasteiger charge is -2.04. The molecule has 0 saturated heterocycles. The maximum absolute atomic E-state index is 9.79. The molecule has 0 atom stereocenters. The summed E-state index contributed by atoms with van der Waals surface area (Å²) in [5.41, 5.74) is 0. The molecule has 13 heavy (non-hydrogen) atoms. The summed E-state index contributed by atoms with van der Waals surface area (Å²) in [4.78, 5) is 0.989. The Morgan fingerprint density at radius 2 is 2.31 bits per heavy atom. The number of hydrogen-bond donors (Lipinski definition) is 1. The van der Waals surface area contributed by atoms with Gasteiger partial charge < -0.3 is 5.11 Å². The second-order valence-corrected chi connectivity index (χ2v) is 5.50. The number of hydrogen-bond acceptors (Lipinski definition) is 3. The van der Waals surface area contributed by atoms with Crippen LogP contribution in [-0.4, -0.2) is 11.4 Å². The van der Waals surface area contributed by atoms with Gasteiger partial charge in [0, 0.05) is 10.1 Å². The van der Waals surface area contributed by atoms with Crippen molar-refractivity contribution in [3.05, 3.63) is 21.1 Å². The smallest absolute Gasteiger partial charge is 0.143 e. The van der Waals surface area contributed by atoms with Crippen molar-refractivity contribution in [1.82, 2.24) is 0 Å². The largest absolute Gasteiger partial charge is 0.506 e. The Morgan fingerprint density at radius 1 is 1.54 bits per heavy atom. The van der Waals surface area contributed by atoms with E-state index in [2.05, 4.69) is 34.0 Å². The molecule has 0 spiro atoms. The zero-order chi connectivity index (χ0) is 9.42. The topological polar surface area (TPSA) is 20.2 Å². The first-order valence-corrected chi connectivity index (χ1v) is 6.85. The molecule has 0 unspecified atom stereocenters. The van der Waals surface area contributed by atoms with Gasteiger partial charge in [-0.15, -0.1) is 23.1 Å². The summed E-state index contributed by atoms with van der Waals surface area (Å²) in [6.07, 6.45) is 1.99. The van der Waals surface area contributed by atoms with Crippen molar-refractivity contribution in [3.8, 4) is 5.75 Å². The van der Waals surface area contributed by atoms with Crippen molar-refractivity contribution in [3.63, 3.8) is 0 Å². The van der Waals surface area contributed by atoms with Crippen LogP contribution in [0.3, 0.4) is 0 Å². The Labute approximate surface area is 98.3 Å². The molecule has 1 N–H and O–H groups in total. The van der Waals surface area contributed by atoms with Gasteiger partial charge in [-0.25, -0.2) is 0 Å². The van der Waals surface area contributed by atoms with E-state index in [0.29, 0.717) is 5.75 Å². The van der Waals surface area contributed by atoms with Gasteiger partial charge in [-0.1, -0.05) is 0 Å². The van der Waals surface area contributed by atoms with Crippen LogP contribution in [-0.2, 0) is 0 Å². The highest BCUT2D eigenvalue weighted by atomic mass is 127. The van der Waals surface area contributed by atoms with E-state index in [4.69, 9.17) is 0 Å². The molecule has 0 bridgehead atoms. The molecule has 1 aromatic heterocycles. The third-order valence-corrected chi connectivity index (χ3v) is 4.35. The van der Waals surface area contributed by atoms with E-state index < -0.39 is 0 Å². The van der Waals surface area contributed by atoms with Crippen LogP contribution in [0, 0.1) is 3.57 Å². The number of phenolic OH excluding ortho intramolecular Hbond substituents is 1. The van der Waals surface area contributed by atoms with Crippen molar-refractivity contribution >= 4 is 55.8 Å². The van der Waals surface area contributed by atoms with E-state index >= 15 is 0 Å². The monoisotopic (exact) mass is 322 g/mol. The van der Waals surface area contributed by atoms with Gasteiger partial charge in [0.05, 0.1) is 8.47 Å². The molecule has 0 fully saturated rings. The molecule has 2 aromatic rings. The van der Waals surface area contributed by atoms with Crippen molar-refractivity contribution in [2.45, 2.75) is 4.90 Å². The molecular formula is C9H7IOS2. The molecule has 0 saturated carbocycles. The van der Waals surface area contributed by atoms with Crippen LogP contribution in [0.5, 0.6) is 5.75 Å². The number of halogens is 1. The molecule has 1 heterocycles. The summed E-state index contributed by atoms with van der Waals surface area (Å²) in [5.74, 6) is 0.416. The fourth-order valence-electron chi connectivity index (χ4n) is 1.25. The summed E-state index contributed by atoms with van der Waals surface area (Å²) in [7, 11) is 0. The molecule has 1 aromatic carbocycles. The summed E-state index contributed by atoms with van der Waals surface area (Å²) in [6.45, 7) is 0.